The Morgan fingerprint density at radius 1 is 0.923 bits per heavy atom. The lowest BCUT2D eigenvalue weighted by atomic mass is 10.3. The molecule has 0 N–H and O–H groups in total. The summed E-state index contributed by atoms with van der Waals surface area (Å²) >= 11 is 0. The second-order valence-corrected chi connectivity index (χ2v) is 2.11. The highest BCUT2D eigenvalue weighted by Gasteiger charge is 2.44. The summed E-state index contributed by atoms with van der Waals surface area (Å²) in [5.41, 5.74) is -0.919. The largest absolute Gasteiger partial charge is 0.435 e. The Morgan fingerprint density at radius 3 is 1.69 bits per heavy atom. The molecule has 0 aromatic heterocycles. The Balaban J connectivity index is 2.84. The SMILES string of the molecule is FC(F)(F)C1=CC(C(F)(F)F)=N[N]1. The Labute approximate surface area is 67.9 Å². The summed E-state index contributed by atoms with van der Waals surface area (Å²) in [5.74, 6) is 0. The predicted octanol–water partition coefficient (Wildman–Crippen LogP) is 1.97. The van der Waals surface area contributed by atoms with Crippen LogP contribution in [0.25, 0.3) is 0 Å². The minimum atomic E-state index is -4.89. The molecule has 0 aliphatic carbocycles. The molecule has 0 saturated carbocycles. The van der Waals surface area contributed by atoms with Crippen LogP contribution in [0, 0.1) is 0 Å². The van der Waals surface area contributed by atoms with Gasteiger partial charge in [0.2, 0.25) is 0 Å². The topological polar surface area (TPSA) is 26.5 Å². The predicted molar refractivity (Wildman–Crippen MR) is 29.8 cm³/mol. The lowest BCUT2D eigenvalue weighted by molar-refractivity contribution is -0.0964. The molecule has 0 spiro atoms. The van der Waals surface area contributed by atoms with Crippen LogP contribution in [0.1, 0.15) is 0 Å². The quantitative estimate of drug-likeness (QED) is 0.538. The monoisotopic (exact) mass is 203 g/mol. The number of allylic oxidation sites excluding steroid dienone is 2. The number of hydrogen-bond donors (Lipinski definition) is 0. The normalized spacial score (nSPS) is 18.0. The number of rotatable bonds is 0. The standard InChI is InChI=1S/C5HF6N2/c6-4(7,8)2-1-3(13-12-2)5(9,10)11/h1H. The van der Waals surface area contributed by atoms with Gasteiger partial charge in [0.05, 0.1) is 0 Å². The molecule has 0 saturated heterocycles. The third-order valence-electron chi connectivity index (χ3n) is 1.12. The highest BCUT2D eigenvalue weighted by Crippen LogP contribution is 2.30. The van der Waals surface area contributed by atoms with Crippen molar-refractivity contribution < 1.29 is 26.3 Å². The van der Waals surface area contributed by atoms with E-state index in [0.717, 1.165) is 0 Å². The van der Waals surface area contributed by atoms with E-state index < -0.39 is 23.8 Å². The van der Waals surface area contributed by atoms with E-state index >= 15 is 0 Å². The molecule has 73 valence electrons. The lowest BCUT2D eigenvalue weighted by Crippen LogP contribution is -2.19. The van der Waals surface area contributed by atoms with Crippen LogP contribution in [0.5, 0.6) is 0 Å². The molecular weight excluding hydrogens is 202 g/mol. The molecular formula is C5HF6N2. The van der Waals surface area contributed by atoms with E-state index in [-0.39, 0.29) is 6.08 Å². The van der Waals surface area contributed by atoms with Gasteiger partial charge in [0.1, 0.15) is 0 Å². The first-order valence-corrected chi connectivity index (χ1v) is 2.86. The molecule has 1 heterocycles. The van der Waals surface area contributed by atoms with Gasteiger partial charge >= 0.3 is 12.4 Å². The lowest BCUT2D eigenvalue weighted by Gasteiger charge is -2.02. The van der Waals surface area contributed by atoms with Gasteiger partial charge in [-0.05, 0) is 0 Å². The number of hydrogen-bond acceptors (Lipinski definition) is 1. The minimum Gasteiger partial charge on any atom is -0.164 e. The summed E-state index contributed by atoms with van der Waals surface area (Å²) in [6.07, 6.45) is -9.92. The highest BCUT2D eigenvalue weighted by atomic mass is 19.4. The number of nitrogens with zero attached hydrogens (tertiary/aromatic N) is 2. The zero-order chi connectivity index (χ0) is 10.3. The van der Waals surface area contributed by atoms with Gasteiger partial charge in [-0.25, -0.2) is 0 Å². The van der Waals surface area contributed by atoms with Crippen LogP contribution >= 0.6 is 0 Å². The van der Waals surface area contributed by atoms with Crippen molar-refractivity contribution in [3.05, 3.63) is 11.8 Å². The van der Waals surface area contributed by atoms with Crippen LogP contribution in [0.2, 0.25) is 0 Å². The maximum absolute atomic E-state index is 11.7. The Morgan fingerprint density at radius 2 is 1.46 bits per heavy atom. The van der Waals surface area contributed by atoms with Crippen LogP contribution in [0.4, 0.5) is 26.3 Å². The first kappa shape index (κ1) is 9.87. The molecule has 0 unspecified atom stereocenters. The third kappa shape index (κ3) is 2.13. The molecule has 0 amide bonds. The molecule has 0 bridgehead atoms. The van der Waals surface area contributed by atoms with Gasteiger partial charge in [-0.1, -0.05) is 0 Å². The Kier molecular flexibility index (Phi) is 2.01. The Hall–Kier alpha value is -1.21. The van der Waals surface area contributed by atoms with Gasteiger partial charge in [-0.2, -0.15) is 26.3 Å². The Bertz CT molecular complexity index is 270. The molecule has 1 aliphatic heterocycles. The molecule has 2 nitrogen and oxygen atoms in total. The van der Waals surface area contributed by atoms with E-state index in [1.54, 1.807) is 0 Å². The average molecular weight is 203 g/mol. The molecule has 0 fully saturated rings. The molecule has 13 heavy (non-hydrogen) atoms. The second kappa shape index (κ2) is 2.64. The first-order chi connectivity index (χ1) is 5.71. The number of alkyl halides is 6. The minimum absolute atomic E-state index is 0.139. The van der Waals surface area contributed by atoms with Crippen molar-refractivity contribution in [3.63, 3.8) is 0 Å². The molecule has 1 aliphatic rings. The van der Waals surface area contributed by atoms with Gasteiger partial charge in [0.15, 0.2) is 11.4 Å². The summed E-state index contributed by atoms with van der Waals surface area (Å²) in [7, 11) is 0. The van der Waals surface area contributed by atoms with Gasteiger partial charge in [0.25, 0.3) is 0 Å². The van der Waals surface area contributed by atoms with Crippen molar-refractivity contribution in [1.29, 1.82) is 0 Å². The van der Waals surface area contributed by atoms with Crippen LogP contribution in [0.3, 0.4) is 0 Å². The molecule has 0 aromatic rings. The summed E-state index contributed by atoms with van der Waals surface area (Å²) in [6, 6.07) is 0. The van der Waals surface area contributed by atoms with Gasteiger partial charge < -0.3 is 0 Å². The molecule has 1 rings (SSSR count). The first-order valence-electron chi connectivity index (χ1n) is 2.86. The zero-order valence-electron chi connectivity index (χ0n) is 5.74. The summed E-state index contributed by atoms with van der Waals surface area (Å²) in [6.45, 7) is 0. The van der Waals surface area contributed by atoms with E-state index in [1.807, 2.05) is 0 Å². The molecule has 0 atom stereocenters. The van der Waals surface area contributed by atoms with Crippen LogP contribution in [0.15, 0.2) is 16.9 Å². The maximum atomic E-state index is 11.7. The van der Waals surface area contributed by atoms with E-state index in [0.29, 0.717) is 0 Å². The van der Waals surface area contributed by atoms with Gasteiger partial charge in [0, 0.05) is 6.08 Å². The number of halogens is 6. The van der Waals surface area contributed by atoms with E-state index in [1.165, 1.54) is 0 Å². The fourth-order valence-corrected chi connectivity index (χ4v) is 0.572. The fraction of sp³-hybridized carbons (Fsp3) is 0.400. The third-order valence-corrected chi connectivity index (χ3v) is 1.12. The maximum Gasteiger partial charge on any atom is 0.435 e. The van der Waals surface area contributed by atoms with Crippen molar-refractivity contribution in [3.8, 4) is 0 Å². The van der Waals surface area contributed by atoms with Crippen molar-refractivity contribution in [2.75, 3.05) is 0 Å². The average Bonchev–Trinajstić information content (AvgIpc) is 2.28. The highest BCUT2D eigenvalue weighted by molar-refractivity contribution is 6.01. The van der Waals surface area contributed by atoms with E-state index in [4.69, 9.17) is 0 Å². The van der Waals surface area contributed by atoms with Crippen LogP contribution < -0.4 is 5.43 Å². The molecule has 8 heteroatoms. The second-order valence-electron chi connectivity index (χ2n) is 2.11. The van der Waals surface area contributed by atoms with Crippen LogP contribution in [-0.2, 0) is 0 Å². The van der Waals surface area contributed by atoms with Crippen LogP contribution in [-0.4, -0.2) is 18.1 Å². The smallest absolute Gasteiger partial charge is 0.164 e. The molecule has 0 aromatic carbocycles. The van der Waals surface area contributed by atoms with Crippen molar-refractivity contribution in [1.82, 2.24) is 5.43 Å². The molecule has 1 radical (unpaired) electrons. The van der Waals surface area contributed by atoms with Crippen molar-refractivity contribution >= 4 is 5.71 Å². The van der Waals surface area contributed by atoms with Crippen molar-refractivity contribution in [2.24, 2.45) is 5.10 Å². The van der Waals surface area contributed by atoms with E-state index in [9.17, 15) is 26.3 Å². The summed E-state index contributed by atoms with van der Waals surface area (Å²) in [4.78, 5) is 0. The van der Waals surface area contributed by atoms with Crippen molar-refractivity contribution in [2.45, 2.75) is 12.4 Å². The summed E-state index contributed by atoms with van der Waals surface area (Å²) < 4.78 is 70.3. The van der Waals surface area contributed by atoms with Gasteiger partial charge in [-0.15, -0.1) is 10.5 Å². The zero-order valence-corrected chi connectivity index (χ0v) is 5.74. The summed E-state index contributed by atoms with van der Waals surface area (Å²) in [5, 5.41) is 2.36. The fourth-order valence-electron chi connectivity index (χ4n) is 0.572. The van der Waals surface area contributed by atoms with Gasteiger partial charge in [-0.3, -0.25) is 0 Å². The van der Waals surface area contributed by atoms with E-state index in [2.05, 4.69) is 10.5 Å².